The number of benzene rings is 1. The summed E-state index contributed by atoms with van der Waals surface area (Å²) in [5.74, 6) is 0.0355. The Morgan fingerprint density at radius 3 is 2.71 bits per heavy atom. The van der Waals surface area contributed by atoms with Crippen LogP contribution in [0.5, 0.6) is 0 Å². The molecule has 1 aromatic carbocycles. The average molecular weight is 344 g/mol. The summed E-state index contributed by atoms with van der Waals surface area (Å²) in [6.07, 6.45) is -3.22. The van der Waals surface area contributed by atoms with Crippen LogP contribution in [0.2, 0.25) is 0 Å². The van der Waals surface area contributed by atoms with Gasteiger partial charge in [-0.3, -0.25) is 0 Å². The number of carbonyl (C=O) groups is 1. The summed E-state index contributed by atoms with van der Waals surface area (Å²) >= 11 is 0. The third-order valence-electron chi connectivity index (χ3n) is 4.48. The number of aliphatic hydroxyl groups excluding tert-OH is 1. The minimum absolute atomic E-state index is 0.0355. The van der Waals surface area contributed by atoms with Gasteiger partial charge in [0.2, 0.25) is 0 Å². The Morgan fingerprint density at radius 2 is 2.08 bits per heavy atom. The van der Waals surface area contributed by atoms with Crippen molar-refractivity contribution in [3.63, 3.8) is 0 Å². The van der Waals surface area contributed by atoms with E-state index >= 15 is 0 Å². The Balaban J connectivity index is 2.01. The summed E-state index contributed by atoms with van der Waals surface area (Å²) in [6.45, 7) is 4.41. The SMILES string of the molecule is CC(NC(=O)N1CCCC(C(C)O)C1)c1cccc(C(F)(F)F)c1. The molecule has 1 heterocycles. The van der Waals surface area contributed by atoms with Gasteiger partial charge in [0, 0.05) is 19.0 Å². The molecule has 1 aliphatic heterocycles. The number of halogens is 3. The van der Waals surface area contributed by atoms with E-state index in [-0.39, 0.29) is 11.9 Å². The second kappa shape index (κ2) is 7.42. The molecule has 2 amide bonds. The minimum atomic E-state index is -4.41. The van der Waals surface area contributed by atoms with Gasteiger partial charge in [0.15, 0.2) is 0 Å². The van der Waals surface area contributed by atoms with Gasteiger partial charge < -0.3 is 15.3 Å². The van der Waals surface area contributed by atoms with E-state index in [0.29, 0.717) is 18.7 Å². The quantitative estimate of drug-likeness (QED) is 0.881. The number of piperidine rings is 1. The highest BCUT2D eigenvalue weighted by molar-refractivity contribution is 5.74. The van der Waals surface area contributed by atoms with Crippen molar-refractivity contribution in [2.45, 2.75) is 45.0 Å². The summed E-state index contributed by atoms with van der Waals surface area (Å²) in [5.41, 5.74) is -0.324. The van der Waals surface area contributed by atoms with E-state index in [0.717, 1.165) is 25.0 Å². The molecule has 0 spiro atoms. The van der Waals surface area contributed by atoms with Crippen LogP contribution < -0.4 is 5.32 Å². The fourth-order valence-corrected chi connectivity index (χ4v) is 2.93. The van der Waals surface area contributed by atoms with E-state index in [4.69, 9.17) is 0 Å². The first-order valence-corrected chi connectivity index (χ1v) is 8.09. The molecule has 3 atom stereocenters. The van der Waals surface area contributed by atoms with Gasteiger partial charge in [-0.25, -0.2) is 4.79 Å². The van der Waals surface area contributed by atoms with E-state index in [1.165, 1.54) is 6.07 Å². The lowest BCUT2D eigenvalue weighted by molar-refractivity contribution is -0.137. The first kappa shape index (κ1) is 18.6. The molecule has 0 bridgehead atoms. The third kappa shape index (κ3) is 4.63. The second-order valence-electron chi connectivity index (χ2n) is 6.38. The highest BCUT2D eigenvalue weighted by Crippen LogP contribution is 2.30. The van der Waals surface area contributed by atoms with Gasteiger partial charge in [-0.2, -0.15) is 13.2 Å². The molecule has 1 aromatic rings. The number of hydrogen-bond acceptors (Lipinski definition) is 2. The Hall–Kier alpha value is -1.76. The smallest absolute Gasteiger partial charge is 0.393 e. The number of rotatable bonds is 3. The van der Waals surface area contributed by atoms with Gasteiger partial charge in [0.1, 0.15) is 0 Å². The molecular weight excluding hydrogens is 321 g/mol. The van der Waals surface area contributed by atoms with Crippen LogP contribution in [-0.4, -0.2) is 35.2 Å². The fourth-order valence-electron chi connectivity index (χ4n) is 2.93. The molecule has 1 fully saturated rings. The first-order chi connectivity index (χ1) is 11.2. The van der Waals surface area contributed by atoms with Crippen molar-refractivity contribution in [2.24, 2.45) is 5.92 Å². The molecular formula is C17H23F3N2O2. The number of carbonyl (C=O) groups excluding carboxylic acids is 1. The number of alkyl halides is 3. The van der Waals surface area contributed by atoms with Gasteiger partial charge in [0.25, 0.3) is 0 Å². The maximum Gasteiger partial charge on any atom is 0.416 e. The molecule has 0 aliphatic carbocycles. The molecule has 0 aromatic heterocycles. The van der Waals surface area contributed by atoms with Crippen LogP contribution >= 0.6 is 0 Å². The second-order valence-corrected chi connectivity index (χ2v) is 6.38. The van der Waals surface area contributed by atoms with Crippen LogP contribution in [-0.2, 0) is 6.18 Å². The largest absolute Gasteiger partial charge is 0.416 e. The van der Waals surface area contributed by atoms with Crippen molar-refractivity contribution in [3.8, 4) is 0 Å². The monoisotopic (exact) mass is 344 g/mol. The van der Waals surface area contributed by atoms with Gasteiger partial charge in [-0.1, -0.05) is 12.1 Å². The lowest BCUT2D eigenvalue weighted by Gasteiger charge is -2.34. The molecule has 7 heteroatoms. The van der Waals surface area contributed by atoms with Crippen molar-refractivity contribution in [1.29, 1.82) is 0 Å². The molecule has 1 aliphatic rings. The van der Waals surface area contributed by atoms with Crippen LogP contribution in [0.15, 0.2) is 24.3 Å². The van der Waals surface area contributed by atoms with E-state index in [9.17, 15) is 23.1 Å². The summed E-state index contributed by atoms with van der Waals surface area (Å²) in [7, 11) is 0. The van der Waals surface area contributed by atoms with Crippen LogP contribution in [0.1, 0.15) is 43.9 Å². The lowest BCUT2D eigenvalue weighted by Crippen LogP contribution is -2.47. The van der Waals surface area contributed by atoms with Gasteiger partial charge in [-0.15, -0.1) is 0 Å². The number of nitrogens with zero attached hydrogens (tertiary/aromatic N) is 1. The maximum absolute atomic E-state index is 12.8. The molecule has 3 unspecified atom stereocenters. The van der Waals surface area contributed by atoms with E-state index in [2.05, 4.69) is 5.32 Å². The molecule has 4 nitrogen and oxygen atoms in total. The molecule has 24 heavy (non-hydrogen) atoms. The van der Waals surface area contributed by atoms with Crippen LogP contribution in [0.4, 0.5) is 18.0 Å². The zero-order chi connectivity index (χ0) is 17.9. The maximum atomic E-state index is 12.8. The zero-order valence-electron chi connectivity index (χ0n) is 13.8. The zero-order valence-corrected chi connectivity index (χ0v) is 13.8. The van der Waals surface area contributed by atoms with Crippen molar-refractivity contribution in [1.82, 2.24) is 10.2 Å². The lowest BCUT2D eigenvalue weighted by atomic mass is 9.93. The number of aliphatic hydroxyl groups is 1. The number of hydrogen-bond donors (Lipinski definition) is 2. The number of nitrogens with one attached hydrogen (secondary N) is 1. The Kier molecular flexibility index (Phi) is 5.74. The van der Waals surface area contributed by atoms with E-state index in [1.807, 2.05) is 0 Å². The number of likely N-dealkylation sites (tertiary alicyclic amines) is 1. The highest BCUT2D eigenvalue weighted by Gasteiger charge is 2.31. The summed E-state index contributed by atoms with van der Waals surface area (Å²) < 4.78 is 38.4. The van der Waals surface area contributed by atoms with Crippen molar-refractivity contribution in [2.75, 3.05) is 13.1 Å². The molecule has 0 saturated carbocycles. The Morgan fingerprint density at radius 1 is 1.38 bits per heavy atom. The van der Waals surface area contributed by atoms with Gasteiger partial charge in [-0.05, 0) is 44.4 Å². The van der Waals surface area contributed by atoms with E-state index in [1.54, 1.807) is 24.8 Å². The van der Waals surface area contributed by atoms with Crippen molar-refractivity contribution < 1.29 is 23.1 Å². The minimum Gasteiger partial charge on any atom is -0.393 e. The molecule has 134 valence electrons. The predicted octanol–water partition coefficient (Wildman–Crippen LogP) is 3.57. The summed E-state index contributed by atoms with van der Waals surface area (Å²) in [4.78, 5) is 14.0. The standard InChI is InChI=1S/C17H23F3N2O2/c1-11(13-5-3-7-15(9-13)17(18,19)20)21-16(24)22-8-4-6-14(10-22)12(2)23/h3,5,7,9,11-12,14,23H,4,6,8,10H2,1-2H3,(H,21,24). The summed E-state index contributed by atoms with van der Waals surface area (Å²) in [6, 6.07) is 4.12. The first-order valence-electron chi connectivity index (χ1n) is 8.09. The highest BCUT2D eigenvalue weighted by atomic mass is 19.4. The van der Waals surface area contributed by atoms with Gasteiger partial charge in [0.05, 0.1) is 17.7 Å². The molecule has 1 saturated heterocycles. The molecule has 2 rings (SSSR count). The Labute approximate surface area is 139 Å². The summed E-state index contributed by atoms with van der Waals surface area (Å²) in [5, 5.41) is 12.4. The fraction of sp³-hybridized carbons (Fsp3) is 0.588. The van der Waals surface area contributed by atoms with Crippen LogP contribution in [0, 0.1) is 5.92 Å². The average Bonchev–Trinajstić information content (AvgIpc) is 2.54. The predicted molar refractivity (Wildman–Crippen MR) is 84.4 cm³/mol. The van der Waals surface area contributed by atoms with E-state index < -0.39 is 23.9 Å². The van der Waals surface area contributed by atoms with Crippen LogP contribution in [0.3, 0.4) is 0 Å². The Bertz CT molecular complexity index is 575. The van der Waals surface area contributed by atoms with Crippen molar-refractivity contribution in [3.05, 3.63) is 35.4 Å². The normalized spacial score (nSPS) is 21.2. The van der Waals surface area contributed by atoms with Crippen molar-refractivity contribution >= 4 is 6.03 Å². The third-order valence-corrected chi connectivity index (χ3v) is 4.48. The van der Waals surface area contributed by atoms with Gasteiger partial charge >= 0.3 is 12.2 Å². The number of amides is 2. The topological polar surface area (TPSA) is 52.6 Å². The number of urea groups is 1. The van der Waals surface area contributed by atoms with Crippen LogP contribution in [0.25, 0.3) is 0 Å². The molecule has 0 radical (unpaired) electrons. The molecule has 2 N–H and O–H groups in total.